The molecule has 2 heteroatoms. The van der Waals surface area contributed by atoms with E-state index in [1.165, 1.54) is 0 Å². The Morgan fingerprint density at radius 1 is 1.45 bits per heavy atom. The molecule has 0 aliphatic carbocycles. The lowest BCUT2D eigenvalue weighted by Gasteiger charge is -2.19. The van der Waals surface area contributed by atoms with Gasteiger partial charge in [-0.2, -0.15) is 10.2 Å². The van der Waals surface area contributed by atoms with Crippen LogP contribution >= 0.6 is 0 Å². The number of nitrogens with zero attached hydrogens (tertiary/aromatic N) is 2. The molecule has 0 radical (unpaired) electrons. The van der Waals surface area contributed by atoms with Crippen LogP contribution in [0.15, 0.2) is 22.5 Å². The maximum absolute atomic E-state index is 4.24. The molecule has 0 spiro atoms. The van der Waals surface area contributed by atoms with Gasteiger partial charge >= 0.3 is 0 Å². The Kier molecular flexibility index (Phi) is 2.80. The van der Waals surface area contributed by atoms with Gasteiger partial charge in [0.05, 0.1) is 6.04 Å². The normalized spacial score (nSPS) is 30.9. The SMILES string of the molecule is CC(C)C1N=NC=CCC1C. The number of hydrogen-bond acceptors (Lipinski definition) is 2. The molecule has 0 aromatic heterocycles. The van der Waals surface area contributed by atoms with Crippen molar-refractivity contribution in [1.82, 2.24) is 0 Å². The summed E-state index contributed by atoms with van der Waals surface area (Å²) in [6.45, 7) is 6.64. The largest absolute Gasteiger partial charge is 0.185 e. The summed E-state index contributed by atoms with van der Waals surface area (Å²) in [5, 5.41) is 8.21. The van der Waals surface area contributed by atoms with Crippen molar-refractivity contribution < 1.29 is 0 Å². The van der Waals surface area contributed by atoms with Crippen LogP contribution < -0.4 is 0 Å². The Labute approximate surface area is 68.4 Å². The first-order valence-electron chi connectivity index (χ1n) is 4.26. The van der Waals surface area contributed by atoms with Crippen LogP contribution in [-0.2, 0) is 0 Å². The van der Waals surface area contributed by atoms with Crippen molar-refractivity contribution in [1.29, 1.82) is 0 Å². The van der Waals surface area contributed by atoms with E-state index in [1.54, 1.807) is 6.20 Å². The number of rotatable bonds is 1. The molecule has 1 heterocycles. The maximum atomic E-state index is 4.24. The van der Waals surface area contributed by atoms with Crippen molar-refractivity contribution in [2.75, 3.05) is 0 Å². The Morgan fingerprint density at radius 2 is 2.18 bits per heavy atom. The van der Waals surface area contributed by atoms with E-state index < -0.39 is 0 Å². The van der Waals surface area contributed by atoms with Gasteiger partial charge in [0.15, 0.2) is 0 Å². The molecule has 0 fully saturated rings. The molecule has 0 aromatic rings. The number of allylic oxidation sites excluding steroid dienone is 1. The van der Waals surface area contributed by atoms with Gasteiger partial charge in [0.2, 0.25) is 0 Å². The van der Waals surface area contributed by atoms with Gasteiger partial charge in [-0.15, -0.1) is 0 Å². The molecule has 0 saturated heterocycles. The van der Waals surface area contributed by atoms with Crippen LogP contribution in [0.5, 0.6) is 0 Å². The fraction of sp³-hybridized carbons (Fsp3) is 0.778. The van der Waals surface area contributed by atoms with Crippen molar-refractivity contribution in [2.24, 2.45) is 22.1 Å². The average Bonchev–Trinajstić information content (AvgIpc) is 2.13. The summed E-state index contributed by atoms with van der Waals surface area (Å²) in [5.41, 5.74) is 0. The Balaban J connectivity index is 2.64. The molecular weight excluding hydrogens is 136 g/mol. The Hall–Kier alpha value is -0.660. The lowest BCUT2D eigenvalue weighted by atomic mass is 9.90. The minimum atomic E-state index is 0.407. The minimum Gasteiger partial charge on any atom is -0.185 e. The zero-order valence-electron chi connectivity index (χ0n) is 7.49. The summed E-state index contributed by atoms with van der Waals surface area (Å²) in [7, 11) is 0. The molecule has 0 amide bonds. The predicted octanol–water partition coefficient (Wildman–Crippen LogP) is 3.02. The van der Waals surface area contributed by atoms with Gasteiger partial charge in [-0.3, -0.25) is 0 Å². The molecule has 11 heavy (non-hydrogen) atoms. The molecule has 0 bridgehead atoms. The Bertz CT molecular complexity index is 170. The highest BCUT2D eigenvalue weighted by Crippen LogP contribution is 2.22. The predicted molar refractivity (Wildman–Crippen MR) is 46.4 cm³/mol. The van der Waals surface area contributed by atoms with Crippen LogP contribution in [-0.4, -0.2) is 6.04 Å². The fourth-order valence-electron chi connectivity index (χ4n) is 1.48. The molecule has 1 aliphatic heterocycles. The summed E-state index contributed by atoms with van der Waals surface area (Å²) in [6.07, 6.45) is 5.01. The first-order valence-corrected chi connectivity index (χ1v) is 4.26. The molecule has 62 valence electrons. The molecule has 0 aromatic carbocycles. The number of azo groups is 1. The van der Waals surface area contributed by atoms with Gasteiger partial charge in [-0.1, -0.05) is 26.8 Å². The molecular formula is C9H16N2. The highest BCUT2D eigenvalue weighted by Gasteiger charge is 2.19. The first-order chi connectivity index (χ1) is 5.22. The van der Waals surface area contributed by atoms with E-state index in [0.717, 1.165) is 6.42 Å². The standard InChI is InChI=1S/C9H16N2/c1-7(2)9-8(3)5-4-6-10-11-9/h4,6-9H,5H2,1-3H3. The van der Waals surface area contributed by atoms with Gasteiger partial charge in [-0.25, -0.2) is 0 Å². The van der Waals surface area contributed by atoms with Crippen LogP contribution in [0.2, 0.25) is 0 Å². The van der Waals surface area contributed by atoms with Crippen LogP contribution in [0.1, 0.15) is 27.2 Å². The first kappa shape index (κ1) is 8.44. The van der Waals surface area contributed by atoms with Gasteiger partial charge in [-0.05, 0) is 18.3 Å². The quantitative estimate of drug-likeness (QED) is 0.551. The molecule has 0 N–H and O–H groups in total. The van der Waals surface area contributed by atoms with E-state index in [9.17, 15) is 0 Å². The average molecular weight is 152 g/mol. The minimum absolute atomic E-state index is 0.407. The molecule has 1 aliphatic rings. The van der Waals surface area contributed by atoms with E-state index in [1.807, 2.05) is 0 Å². The lowest BCUT2D eigenvalue weighted by molar-refractivity contribution is 0.361. The third-order valence-electron chi connectivity index (χ3n) is 2.15. The second-order valence-electron chi connectivity index (χ2n) is 3.56. The van der Waals surface area contributed by atoms with Crippen LogP contribution in [0.4, 0.5) is 0 Å². The molecule has 2 unspecified atom stereocenters. The van der Waals surface area contributed by atoms with Gasteiger partial charge in [0.1, 0.15) is 0 Å². The van der Waals surface area contributed by atoms with Crippen LogP contribution in [0.25, 0.3) is 0 Å². The van der Waals surface area contributed by atoms with Gasteiger partial charge in [0, 0.05) is 6.20 Å². The summed E-state index contributed by atoms with van der Waals surface area (Å²) >= 11 is 0. The van der Waals surface area contributed by atoms with E-state index in [2.05, 4.69) is 37.1 Å². The summed E-state index contributed by atoms with van der Waals surface area (Å²) in [6, 6.07) is 0.407. The van der Waals surface area contributed by atoms with Crippen molar-refractivity contribution in [2.45, 2.75) is 33.2 Å². The van der Waals surface area contributed by atoms with E-state index in [-0.39, 0.29) is 0 Å². The van der Waals surface area contributed by atoms with Gasteiger partial charge < -0.3 is 0 Å². The van der Waals surface area contributed by atoms with Crippen molar-refractivity contribution in [3.63, 3.8) is 0 Å². The lowest BCUT2D eigenvalue weighted by Crippen LogP contribution is -2.20. The third kappa shape index (κ3) is 2.14. The van der Waals surface area contributed by atoms with Crippen LogP contribution in [0.3, 0.4) is 0 Å². The van der Waals surface area contributed by atoms with Crippen molar-refractivity contribution in [3.05, 3.63) is 12.3 Å². The number of hydrogen-bond donors (Lipinski definition) is 0. The molecule has 2 nitrogen and oxygen atoms in total. The topological polar surface area (TPSA) is 24.7 Å². The monoisotopic (exact) mass is 152 g/mol. The Morgan fingerprint density at radius 3 is 2.82 bits per heavy atom. The van der Waals surface area contributed by atoms with E-state index in [4.69, 9.17) is 0 Å². The van der Waals surface area contributed by atoms with E-state index >= 15 is 0 Å². The highest BCUT2D eigenvalue weighted by atomic mass is 15.1. The van der Waals surface area contributed by atoms with Gasteiger partial charge in [0.25, 0.3) is 0 Å². The highest BCUT2D eigenvalue weighted by molar-refractivity contribution is 4.89. The summed E-state index contributed by atoms with van der Waals surface area (Å²) < 4.78 is 0. The fourth-order valence-corrected chi connectivity index (χ4v) is 1.48. The summed E-state index contributed by atoms with van der Waals surface area (Å²) in [5.74, 6) is 1.24. The summed E-state index contributed by atoms with van der Waals surface area (Å²) in [4.78, 5) is 0. The van der Waals surface area contributed by atoms with E-state index in [0.29, 0.717) is 17.9 Å². The third-order valence-corrected chi connectivity index (χ3v) is 2.15. The zero-order chi connectivity index (χ0) is 8.27. The molecule has 0 saturated carbocycles. The molecule has 2 atom stereocenters. The smallest absolute Gasteiger partial charge is 0.0763 e. The zero-order valence-corrected chi connectivity index (χ0v) is 7.49. The second-order valence-corrected chi connectivity index (χ2v) is 3.56. The molecule has 1 rings (SSSR count). The van der Waals surface area contributed by atoms with Crippen LogP contribution in [0, 0.1) is 11.8 Å². The second kappa shape index (κ2) is 3.65. The van der Waals surface area contributed by atoms with Crippen molar-refractivity contribution in [3.8, 4) is 0 Å². The van der Waals surface area contributed by atoms with Crippen molar-refractivity contribution >= 4 is 0 Å². The maximum Gasteiger partial charge on any atom is 0.0763 e.